The Bertz CT molecular complexity index is 961. The van der Waals surface area contributed by atoms with E-state index in [1.54, 1.807) is 37.3 Å². The molecule has 0 bridgehead atoms. The molecule has 1 aliphatic heterocycles. The average molecular weight is 580 g/mol. The first-order valence-electron chi connectivity index (χ1n) is 14.1. The molecule has 1 amide bonds. The molecule has 224 valence electrons. The zero-order valence-corrected chi connectivity index (χ0v) is 25.8. The molecule has 1 aromatic rings. The minimum Gasteiger partial charge on any atom is -0.497 e. The minimum atomic E-state index is -1.25. The molecule has 0 saturated carbocycles. The van der Waals surface area contributed by atoms with Gasteiger partial charge in [-0.25, -0.2) is 16.0 Å². The van der Waals surface area contributed by atoms with Gasteiger partial charge < -0.3 is 33.0 Å². The second-order valence-electron chi connectivity index (χ2n) is 10.2. The fraction of sp³-hybridized carbons (Fsp3) is 0.690. The number of nitrogens with zero attached hydrogens (tertiary/aromatic N) is 3. The highest BCUT2D eigenvalue weighted by Crippen LogP contribution is 2.46. The maximum atomic E-state index is 12.9. The maximum absolute atomic E-state index is 12.9. The second-order valence-corrected chi connectivity index (χ2v) is 11.6. The number of hydrogen-bond acceptors (Lipinski definition) is 8. The highest BCUT2D eigenvalue weighted by atomic mass is 31.2. The molecule has 0 spiro atoms. The predicted molar refractivity (Wildman–Crippen MR) is 155 cm³/mol. The number of hydrogen-bond donors (Lipinski definition) is 0. The lowest BCUT2D eigenvalue weighted by molar-refractivity contribution is -0.154. The van der Waals surface area contributed by atoms with Crippen LogP contribution in [0.2, 0.25) is 0 Å². The van der Waals surface area contributed by atoms with Gasteiger partial charge in [0.05, 0.1) is 20.8 Å². The summed E-state index contributed by atoms with van der Waals surface area (Å²) in [6, 6.07) is 5.31. The molecule has 1 heterocycles. The van der Waals surface area contributed by atoms with Crippen LogP contribution in [0.3, 0.4) is 0 Å². The van der Waals surface area contributed by atoms with E-state index in [4.69, 9.17) is 29.8 Å². The summed E-state index contributed by atoms with van der Waals surface area (Å²) in [5.74, 6) is 0.838. The van der Waals surface area contributed by atoms with Crippen LogP contribution in [0.25, 0.3) is 4.85 Å². The average Bonchev–Trinajstić information content (AvgIpc) is 3.43. The maximum Gasteiger partial charge on any atom is 0.329 e. The fourth-order valence-electron chi connectivity index (χ4n) is 4.68. The first-order chi connectivity index (χ1) is 19.2. The van der Waals surface area contributed by atoms with Gasteiger partial charge in [0, 0.05) is 36.7 Å². The van der Waals surface area contributed by atoms with Crippen molar-refractivity contribution in [2.75, 3.05) is 40.5 Å². The first kappa shape index (κ1) is 33.8. The molecule has 0 aliphatic carbocycles. The van der Waals surface area contributed by atoms with Gasteiger partial charge in [-0.05, 0) is 65.5 Å². The van der Waals surface area contributed by atoms with Crippen LogP contribution in [0.4, 0.5) is 0 Å². The van der Waals surface area contributed by atoms with Crippen molar-refractivity contribution in [1.29, 1.82) is 0 Å². The van der Waals surface area contributed by atoms with E-state index in [0.717, 1.165) is 31.2 Å². The Balaban J connectivity index is 1.77. The Kier molecular flexibility index (Phi) is 15.3. The highest BCUT2D eigenvalue weighted by Gasteiger charge is 2.35. The van der Waals surface area contributed by atoms with Crippen molar-refractivity contribution in [3.8, 4) is 11.5 Å². The van der Waals surface area contributed by atoms with E-state index in [1.807, 2.05) is 0 Å². The van der Waals surface area contributed by atoms with Gasteiger partial charge in [0.25, 0.3) is 8.53 Å². The monoisotopic (exact) mass is 579 g/mol. The third-order valence-electron chi connectivity index (χ3n) is 6.60. The number of esters is 1. The first-order valence-corrected chi connectivity index (χ1v) is 15.2. The number of carbonyl (C=O) groups excluding carboxylic acids is 2. The molecule has 40 heavy (non-hydrogen) atoms. The molecule has 10 nitrogen and oxygen atoms in total. The summed E-state index contributed by atoms with van der Waals surface area (Å²) >= 11 is 0. The van der Waals surface area contributed by atoms with E-state index in [1.165, 1.54) is 0 Å². The Labute approximate surface area is 241 Å². The lowest BCUT2D eigenvalue weighted by Gasteiger charge is -2.35. The van der Waals surface area contributed by atoms with Crippen LogP contribution in [0.5, 0.6) is 11.5 Å². The van der Waals surface area contributed by atoms with Gasteiger partial charge in [0.15, 0.2) is 0 Å². The summed E-state index contributed by atoms with van der Waals surface area (Å²) in [7, 11) is 1.89. The topological polar surface area (TPSA) is 91.1 Å². The molecule has 1 fully saturated rings. The minimum absolute atomic E-state index is 0.0158. The molecule has 1 aliphatic rings. The number of ether oxygens (including phenoxy) is 3. The Morgan fingerprint density at radius 2 is 1.80 bits per heavy atom. The molecule has 1 aromatic carbocycles. The molecule has 0 radical (unpaired) electrons. The molecule has 0 aromatic heterocycles. The van der Waals surface area contributed by atoms with Crippen molar-refractivity contribution in [1.82, 2.24) is 9.57 Å². The summed E-state index contributed by atoms with van der Waals surface area (Å²) in [5, 5.41) is 0. The van der Waals surface area contributed by atoms with Crippen LogP contribution in [0, 0.1) is 6.57 Å². The molecule has 2 rings (SSSR count). The SMILES string of the molecule is [C-]#[N+]CCOP(OCCCCCC(=O)N1CCCC1C(=O)OCc1ccc(OC)cc1OC)N(C(C)C)C(C)C. The molecule has 2 unspecified atom stereocenters. The quantitative estimate of drug-likeness (QED) is 0.0962. The van der Waals surface area contributed by atoms with Crippen molar-refractivity contribution < 1.29 is 32.8 Å². The number of carbonyl (C=O) groups is 2. The van der Waals surface area contributed by atoms with Gasteiger partial charge >= 0.3 is 5.97 Å². The lowest BCUT2D eigenvalue weighted by atomic mass is 10.1. The smallest absolute Gasteiger partial charge is 0.329 e. The summed E-state index contributed by atoms with van der Waals surface area (Å²) in [5.41, 5.74) is 0.736. The zero-order valence-electron chi connectivity index (χ0n) is 24.9. The molecule has 0 N–H and O–H groups in total. The van der Waals surface area contributed by atoms with E-state index >= 15 is 0 Å². The summed E-state index contributed by atoms with van der Waals surface area (Å²) in [6.45, 7) is 17.3. The number of benzene rings is 1. The number of amides is 1. The summed E-state index contributed by atoms with van der Waals surface area (Å²) in [6.07, 6.45) is 4.13. The van der Waals surface area contributed by atoms with E-state index in [2.05, 4.69) is 37.2 Å². The molecular weight excluding hydrogens is 533 g/mol. The van der Waals surface area contributed by atoms with Crippen molar-refractivity contribution in [2.45, 2.75) is 91.0 Å². The van der Waals surface area contributed by atoms with E-state index in [-0.39, 0.29) is 30.6 Å². The van der Waals surface area contributed by atoms with E-state index in [0.29, 0.717) is 50.6 Å². The van der Waals surface area contributed by atoms with Crippen molar-refractivity contribution >= 4 is 20.4 Å². The molecular formula is C29H46N3O7P. The third kappa shape index (κ3) is 10.5. The number of rotatable bonds is 18. The standard InChI is InChI=1S/C29H46N3O7P/c1-22(2)32(23(3)4)40(39-19-16-30-5)38-18-10-8-9-13-28(33)31-17-11-12-26(31)29(34)37-21-24-14-15-25(35-6)20-27(24)36-7/h14-15,20,22-23,26H,8-13,16-19,21H2,1-4,6-7H3. The van der Waals surface area contributed by atoms with Gasteiger partial charge in [-0.15, -0.1) is 0 Å². The number of unbranched alkanes of at least 4 members (excludes halogenated alkanes) is 2. The molecule has 1 saturated heterocycles. The summed E-state index contributed by atoms with van der Waals surface area (Å²) < 4.78 is 30.4. The largest absolute Gasteiger partial charge is 0.497 e. The van der Waals surface area contributed by atoms with Crippen molar-refractivity contribution in [3.05, 3.63) is 35.2 Å². The van der Waals surface area contributed by atoms with E-state index in [9.17, 15) is 9.59 Å². The van der Waals surface area contributed by atoms with Crippen LogP contribution in [0.1, 0.15) is 71.8 Å². The predicted octanol–water partition coefficient (Wildman–Crippen LogP) is 5.60. The molecule has 2 atom stereocenters. The fourth-order valence-corrected chi connectivity index (χ4v) is 6.29. The normalized spacial score (nSPS) is 15.9. The van der Waals surface area contributed by atoms with Crippen LogP contribution in [-0.4, -0.2) is 80.1 Å². The van der Waals surface area contributed by atoms with Gasteiger partial charge in [0.1, 0.15) is 30.8 Å². The van der Waals surface area contributed by atoms with Crippen LogP contribution >= 0.6 is 8.53 Å². The lowest BCUT2D eigenvalue weighted by Crippen LogP contribution is -2.41. The Hall–Kier alpha value is -2.44. The van der Waals surface area contributed by atoms with Crippen LogP contribution in [-0.2, 0) is 30.0 Å². The highest BCUT2D eigenvalue weighted by molar-refractivity contribution is 7.44. The van der Waals surface area contributed by atoms with Gasteiger partial charge in [-0.3, -0.25) is 4.79 Å². The van der Waals surface area contributed by atoms with Crippen LogP contribution in [0.15, 0.2) is 18.2 Å². The number of likely N-dealkylation sites (tertiary alicyclic amines) is 1. The summed E-state index contributed by atoms with van der Waals surface area (Å²) in [4.78, 5) is 30.8. The second kappa shape index (κ2) is 18.1. The van der Waals surface area contributed by atoms with Gasteiger partial charge in [-0.1, -0.05) is 6.42 Å². The van der Waals surface area contributed by atoms with Gasteiger partial charge in [-0.2, -0.15) is 0 Å². The van der Waals surface area contributed by atoms with Crippen molar-refractivity contribution in [2.24, 2.45) is 0 Å². The van der Waals surface area contributed by atoms with Crippen molar-refractivity contribution in [3.63, 3.8) is 0 Å². The third-order valence-corrected chi connectivity index (χ3v) is 8.71. The Morgan fingerprint density at radius 3 is 2.45 bits per heavy atom. The van der Waals surface area contributed by atoms with Crippen LogP contribution < -0.4 is 9.47 Å². The zero-order chi connectivity index (χ0) is 29.5. The number of methoxy groups -OCH3 is 2. The van der Waals surface area contributed by atoms with E-state index < -0.39 is 14.6 Å². The Morgan fingerprint density at radius 1 is 1.07 bits per heavy atom. The molecule has 11 heteroatoms. The van der Waals surface area contributed by atoms with Gasteiger partial charge in [0.2, 0.25) is 12.5 Å².